The van der Waals surface area contributed by atoms with Crippen molar-refractivity contribution in [1.29, 1.82) is 0 Å². The molecule has 0 aliphatic rings. The van der Waals surface area contributed by atoms with Gasteiger partial charge in [0.15, 0.2) is 0 Å². The first kappa shape index (κ1) is 15.4. The molecule has 0 radical (unpaired) electrons. The first-order valence-electron chi connectivity index (χ1n) is 5.72. The number of nitrogens with one attached hydrogen (secondary N) is 2. The third kappa shape index (κ3) is 3.57. The molecular formula is C13H10BrF3N2O2. The highest BCUT2D eigenvalue weighted by Gasteiger charge is 2.34. The molecule has 2 N–H and O–H groups in total. The van der Waals surface area contributed by atoms with Crippen molar-refractivity contribution in [1.82, 2.24) is 4.98 Å². The van der Waals surface area contributed by atoms with Gasteiger partial charge in [0, 0.05) is 16.4 Å². The van der Waals surface area contributed by atoms with E-state index < -0.39 is 17.6 Å². The van der Waals surface area contributed by atoms with Gasteiger partial charge in [0.25, 0.3) is 5.91 Å². The number of anilines is 1. The summed E-state index contributed by atoms with van der Waals surface area (Å²) in [5, 5.41) is 2.39. The van der Waals surface area contributed by atoms with Gasteiger partial charge in [-0.25, -0.2) is 0 Å². The number of ether oxygens (including phenoxy) is 1. The molecule has 112 valence electrons. The van der Waals surface area contributed by atoms with Gasteiger partial charge in [0.1, 0.15) is 11.4 Å². The Kier molecular flexibility index (Phi) is 4.26. The molecule has 0 spiro atoms. The van der Waals surface area contributed by atoms with Crippen LogP contribution in [-0.2, 0) is 6.18 Å². The number of hydrogen-bond acceptors (Lipinski definition) is 2. The quantitative estimate of drug-likeness (QED) is 0.864. The first-order chi connectivity index (χ1) is 9.81. The Morgan fingerprint density at radius 2 is 2.05 bits per heavy atom. The summed E-state index contributed by atoms with van der Waals surface area (Å²) in [5.74, 6) is -0.845. The number of amides is 1. The highest BCUT2D eigenvalue weighted by Crippen LogP contribution is 2.37. The van der Waals surface area contributed by atoms with Crippen LogP contribution in [0.2, 0.25) is 0 Å². The zero-order valence-electron chi connectivity index (χ0n) is 10.7. The molecule has 0 aliphatic carbocycles. The number of halogens is 4. The number of methoxy groups -OCH3 is 1. The minimum Gasteiger partial charge on any atom is -0.496 e. The van der Waals surface area contributed by atoms with Gasteiger partial charge in [-0.15, -0.1) is 0 Å². The predicted octanol–water partition coefficient (Wildman–Crippen LogP) is 4.06. The van der Waals surface area contributed by atoms with Gasteiger partial charge >= 0.3 is 6.18 Å². The minimum absolute atomic E-state index is 0.0267. The Hall–Kier alpha value is -1.96. The topological polar surface area (TPSA) is 54.1 Å². The SMILES string of the molecule is COc1ccc(NC(=O)c2cc(Br)c[nH]2)cc1C(F)(F)F. The van der Waals surface area contributed by atoms with Crippen LogP contribution in [0, 0.1) is 0 Å². The van der Waals surface area contributed by atoms with E-state index in [0.717, 1.165) is 19.2 Å². The average Bonchev–Trinajstić information content (AvgIpc) is 2.84. The second-order valence-electron chi connectivity index (χ2n) is 4.10. The maximum absolute atomic E-state index is 12.9. The molecule has 0 saturated carbocycles. The number of carbonyl (C=O) groups excluding carboxylic acids is 1. The van der Waals surface area contributed by atoms with E-state index in [1.165, 1.54) is 12.1 Å². The maximum atomic E-state index is 12.9. The lowest BCUT2D eigenvalue weighted by Crippen LogP contribution is -2.14. The summed E-state index contributed by atoms with van der Waals surface area (Å²) in [6.45, 7) is 0. The molecule has 0 unspecified atom stereocenters. The predicted molar refractivity (Wildman–Crippen MR) is 74.4 cm³/mol. The van der Waals surface area contributed by atoms with Gasteiger partial charge in [0.05, 0.1) is 12.7 Å². The zero-order chi connectivity index (χ0) is 15.6. The number of carbonyl (C=O) groups is 1. The van der Waals surface area contributed by atoms with Crippen LogP contribution in [0.4, 0.5) is 18.9 Å². The number of rotatable bonds is 3. The summed E-state index contributed by atoms with van der Waals surface area (Å²) in [4.78, 5) is 14.6. The maximum Gasteiger partial charge on any atom is 0.420 e. The number of H-pyrrole nitrogens is 1. The van der Waals surface area contributed by atoms with E-state index in [2.05, 4.69) is 31.0 Å². The van der Waals surface area contributed by atoms with Crippen LogP contribution in [0.25, 0.3) is 0 Å². The van der Waals surface area contributed by atoms with Crippen molar-refractivity contribution >= 4 is 27.5 Å². The van der Waals surface area contributed by atoms with Crippen molar-refractivity contribution < 1.29 is 22.7 Å². The van der Waals surface area contributed by atoms with E-state index in [0.29, 0.717) is 4.47 Å². The molecule has 2 aromatic rings. The van der Waals surface area contributed by atoms with Crippen LogP contribution < -0.4 is 10.1 Å². The average molecular weight is 363 g/mol. The van der Waals surface area contributed by atoms with Crippen molar-refractivity contribution in [3.63, 3.8) is 0 Å². The largest absolute Gasteiger partial charge is 0.496 e. The number of benzene rings is 1. The van der Waals surface area contributed by atoms with E-state index in [1.54, 1.807) is 6.20 Å². The van der Waals surface area contributed by atoms with Gasteiger partial charge < -0.3 is 15.0 Å². The van der Waals surface area contributed by atoms with Gasteiger partial charge in [-0.1, -0.05) is 0 Å². The van der Waals surface area contributed by atoms with Crippen LogP contribution in [0.5, 0.6) is 5.75 Å². The molecule has 0 bridgehead atoms. The van der Waals surface area contributed by atoms with E-state index in [-0.39, 0.29) is 17.1 Å². The number of hydrogen-bond donors (Lipinski definition) is 2. The lowest BCUT2D eigenvalue weighted by molar-refractivity contribution is -0.138. The Balaban J connectivity index is 2.27. The molecule has 0 fully saturated rings. The van der Waals surface area contributed by atoms with Crippen LogP contribution in [0.3, 0.4) is 0 Å². The van der Waals surface area contributed by atoms with Gasteiger partial charge in [-0.3, -0.25) is 4.79 Å². The van der Waals surface area contributed by atoms with Gasteiger partial charge in [-0.2, -0.15) is 13.2 Å². The summed E-state index contributed by atoms with van der Waals surface area (Å²) >= 11 is 3.17. The fourth-order valence-corrected chi connectivity index (χ4v) is 2.05. The standard InChI is InChI=1S/C13H10BrF3N2O2/c1-21-11-3-2-8(5-9(11)13(15,16)17)19-12(20)10-4-7(14)6-18-10/h2-6,18H,1H3,(H,19,20). The molecular weight excluding hydrogens is 353 g/mol. The van der Waals surface area contributed by atoms with Gasteiger partial charge in [0.2, 0.25) is 0 Å². The molecule has 1 amide bonds. The molecule has 0 saturated heterocycles. The van der Waals surface area contributed by atoms with E-state index in [1.807, 2.05) is 0 Å². The lowest BCUT2D eigenvalue weighted by Gasteiger charge is -2.13. The van der Waals surface area contributed by atoms with Crippen LogP contribution in [0.1, 0.15) is 16.1 Å². The summed E-state index contributed by atoms with van der Waals surface area (Å²) in [5.41, 5.74) is -0.694. The molecule has 0 aliphatic heterocycles. The van der Waals surface area contributed by atoms with Gasteiger partial charge in [-0.05, 0) is 40.2 Å². The highest BCUT2D eigenvalue weighted by molar-refractivity contribution is 9.10. The molecule has 0 atom stereocenters. The van der Waals surface area contributed by atoms with Crippen molar-refractivity contribution in [3.05, 3.63) is 46.2 Å². The molecule has 2 rings (SSSR count). The normalized spacial score (nSPS) is 11.3. The Bertz CT molecular complexity index is 668. The molecule has 1 aromatic heterocycles. The summed E-state index contributed by atoms with van der Waals surface area (Å²) in [7, 11) is 1.15. The van der Waals surface area contributed by atoms with Crippen molar-refractivity contribution in [2.45, 2.75) is 6.18 Å². The fourth-order valence-electron chi connectivity index (χ4n) is 1.70. The lowest BCUT2D eigenvalue weighted by atomic mass is 10.1. The van der Waals surface area contributed by atoms with Crippen LogP contribution in [0.15, 0.2) is 34.9 Å². The Morgan fingerprint density at radius 1 is 1.33 bits per heavy atom. The number of alkyl halides is 3. The fraction of sp³-hybridized carbons (Fsp3) is 0.154. The number of aromatic amines is 1. The summed E-state index contributed by atoms with van der Waals surface area (Å²) < 4.78 is 44.0. The number of aromatic nitrogens is 1. The highest BCUT2D eigenvalue weighted by atomic mass is 79.9. The Morgan fingerprint density at radius 3 is 2.57 bits per heavy atom. The first-order valence-corrected chi connectivity index (χ1v) is 6.51. The minimum atomic E-state index is -4.57. The third-order valence-electron chi connectivity index (χ3n) is 2.66. The second-order valence-corrected chi connectivity index (χ2v) is 5.01. The van der Waals surface area contributed by atoms with E-state index in [9.17, 15) is 18.0 Å². The van der Waals surface area contributed by atoms with Crippen molar-refractivity contribution in [2.24, 2.45) is 0 Å². The van der Waals surface area contributed by atoms with Crippen molar-refractivity contribution in [2.75, 3.05) is 12.4 Å². The molecule has 1 aromatic carbocycles. The van der Waals surface area contributed by atoms with E-state index in [4.69, 9.17) is 0 Å². The van der Waals surface area contributed by atoms with Crippen molar-refractivity contribution in [3.8, 4) is 5.75 Å². The van der Waals surface area contributed by atoms with Crippen LogP contribution >= 0.6 is 15.9 Å². The Labute approximate surface area is 126 Å². The van der Waals surface area contributed by atoms with Crippen LogP contribution in [-0.4, -0.2) is 18.0 Å². The second kappa shape index (κ2) is 5.80. The summed E-state index contributed by atoms with van der Waals surface area (Å²) in [6.07, 6.45) is -3.02. The molecule has 1 heterocycles. The van der Waals surface area contributed by atoms with E-state index >= 15 is 0 Å². The molecule has 21 heavy (non-hydrogen) atoms. The monoisotopic (exact) mass is 362 g/mol. The zero-order valence-corrected chi connectivity index (χ0v) is 12.3. The third-order valence-corrected chi connectivity index (χ3v) is 3.11. The molecule has 4 nitrogen and oxygen atoms in total. The smallest absolute Gasteiger partial charge is 0.420 e. The summed E-state index contributed by atoms with van der Waals surface area (Å²) in [6, 6.07) is 4.84. The molecule has 8 heteroatoms.